The topological polar surface area (TPSA) is 76.0 Å². The minimum Gasteiger partial charge on any atom is -0.543 e. The van der Waals surface area contributed by atoms with E-state index in [2.05, 4.69) is 60.7 Å². The molecule has 1 aromatic carbocycles. The highest BCUT2D eigenvalue weighted by Crippen LogP contribution is 2.55. The van der Waals surface area contributed by atoms with Crippen molar-refractivity contribution in [2.75, 3.05) is 0 Å². The summed E-state index contributed by atoms with van der Waals surface area (Å²) in [6.45, 7) is 21.4. The number of aliphatic hydroxyl groups excluding tert-OH is 2. The molecule has 2 aliphatic rings. The fraction of sp³-hybridized carbons (Fsp3) is 0.767. The molecule has 204 valence electrons. The highest BCUT2D eigenvalue weighted by molar-refractivity contribution is 6.74. The minimum absolute atomic E-state index is 0.00214. The van der Waals surface area contributed by atoms with E-state index in [1.54, 1.807) is 0 Å². The quantitative estimate of drug-likeness (QED) is 0.367. The zero-order valence-corrected chi connectivity index (χ0v) is 25.3. The van der Waals surface area contributed by atoms with Gasteiger partial charge in [-0.05, 0) is 62.5 Å². The summed E-state index contributed by atoms with van der Waals surface area (Å²) in [5.41, 5.74) is 0.766. The predicted octanol–water partition coefficient (Wildman–Crippen LogP) is 6.88. The number of unbranched alkanes of at least 4 members (excludes halogenated alkanes) is 1. The second-order valence-corrected chi connectivity index (χ2v) is 18.5. The number of Topliss-reactive ketones (excluding diaryl/α,β-unsaturated/α-hetero) is 1. The number of ether oxygens (including phenoxy) is 1. The summed E-state index contributed by atoms with van der Waals surface area (Å²) in [6.07, 6.45) is 2.61. The summed E-state index contributed by atoms with van der Waals surface area (Å²) in [5, 5.41) is 22.0. The number of hydrogen-bond acceptors (Lipinski definition) is 5. The number of hydrogen-bond donors (Lipinski definition) is 2. The largest absolute Gasteiger partial charge is 0.543 e. The lowest BCUT2D eigenvalue weighted by atomic mass is 9.65. The Hall–Kier alpha value is -1.37. The monoisotopic (exact) mass is 518 g/mol. The lowest BCUT2D eigenvalue weighted by Crippen LogP contribution is -2.48. The predicted molar refractivity (Wildman–Crippen MR) is 149 cm³/mol. The Balaban J connectivity index is 2.18. The van der Waals surface area contributed by atoms with Crippen LogP contribution in [0.3, 0.4) is 0 Å². The molecule has 0 bridgehead atoms. The Morgan fingerprint density at radius 2 is 1.81 bits per heavy atom. The molecule has 1 aliphatic heterocycles. The number of aliphatic hydroxyl groups is 2. The number of carbonyl (C=O) groups excluding carboxylic acids is 1. The molecule has 1 fully saturated rings. The third-order valence-electron chi connectivity index (χ3n) is 9.28. The van der Waals surface area contributed by atoms with Gasteiger partial charge in [-0.1, -0.05) is 54.4 Å². The van der Waals surface area contributed by atoms with Gasteiger partial charge in [0.25, 0.3) is 0 Å². The van der Waals surface area contributed by atoms with Crippen LogP contribution in [-0.2, 0) is 10.2 Å². The zero-order chi connectivity index (χ0) is 27.3. The van der Waals surface area contributed by atoms with Gasteiger partial charge in [0.1, 0.15) is 22.9 Å². The van der Waals surface area contributed by atoms with E-state index in [9.17, 15) is 15.0 Å². The van der Waals surface area contributed by atoms with Crippen molar-refractivity contribution in [2.24, 2.45) is 5.92 Å². The zero-order valence-electron chi connectivity index (χ0n) is 24.3. The molecule has 0 radical (unpaired) electrons. The number of ketones is 1. The third-order valence-corrected chi connectivity index (χ3v) is 13.6. The molecule has 0 amide bonds. The van der Waals surface area contributed by atoms with E-state index < -0.39 is 31.5 Å². The average molecular weight is 519 g/mol. The Morgan fingerprint density at radius 1 is 1.17 bits per heavy atom. The van der Waals surface area contributed by atoms with Crippen molar-refractivity contribution in [3.8, 4) is 11.5 Å². The molecule has 1 aliphatic carbocycles. The molecule has 1 aromatic rings. The van der Waals surface area contributed by atoms with Crippen molar-refractivity contribution < 1.29 is 24.2 Å². The van der Waals surface area contributed by atoms with E-state index in [0.29, 0.717) is 25.0 Å². The van der Waals surface area contributed by atoms with E-state index in [1.807, 2.05) is 19.9 Å². The lowest BCUT2D eigenvalue weighted by molar-refractivity contribution is -0.124. The van der Waals surface area contributed by atoms with E-state index in [4.69, 9.17) is 9.16 Å². The molecule has 2 unspecified atom stereocenters. The van der Waals surface area contributed by atoms with Gasteiger partial charge in [-0.15, -0.1) is 0 Å². The molecule has 1 saturated carbocycles. The number of fused-ring (bicyclic) bond motifs is 3. The van der Waals surface area contributed by atoms with Gasteiger partial charge < -0.3 is 19.4 Å². The first-order valence-electron chi connectivity index (χ1n) is 13.9. The molecule has 2 N–H and O–H groups in total. The standard InChI is InChI=1S/C30H50O5Si/c1-11-12-13-23(32)27(33)29(5,6)19-16-24-26(25(17-19)35-36(9,10)28(2,3)4)21-18-20(31)14-15-22(21)30(7,8)34-24/h16-17,21-23,27,32-33H,11-15,18H2,1-10H3/t21-,22-,23?,27?/m1/s1. The van der Waals surface area contributed by atoms with Crippen molar-refractivity contribution >= 4 is 14.1 Å². The Morgan fingerprint density at radius 3 is 2.39 bits per heavy atom. The van der Waals surface area contributed by atoms with Crippen molar-refractivity contribution in [1.82, 2.24) is 0 Å². The molecular weight excluding hydrogens is 468 g/mol. The van der Waals surface area contributed by atoms with Crippen molar-refractivity contribution in [3.63, 3.8) is 0 Å². The summed E-state index contributed by atoms with van der Waals surface area (Å²) in [4.78, 5) is 12.6. The number of carbonyl (C=O) groups is 1. The van der Waals surface area contributed by atoms with Crippen LogP contribution in [0.2, 0.25) is 18.1 Å². The van der Waals surface area contributed by atoms with Crippen LogP contribution in [0, 0.1) is 5.92 Å². The van der Waals surface area contributed by atoms with Gasteiger partial charge >= 0.3 is 0 Å². The van der Waals surface area contributed by atoms with Crippen LogP contribution in [-0.4, -0.2) is 42.1 Å². The molecule has 0 spiro atoms. The van der Waals surface area contributed by atoms with E-state index in [-0.39, 0.29) is 16.9 Å². The summed E-state index contributed by atoms with van der Waals surface area (Å²) < 4.78 is 13.6. The Labute approximate surface area is 220 Å². The highest BCUT2D eigenvalue weighted by Gasteiger charge is 2.49. The molecule has 5 nitrogen and oxygen atoms in total. The molecule has 1 heterocycles. The lowest BCUT2D eigenvalue weighted by Gasteiger charge is -2.48. The number of rotatable bonds is 8. The van der Waals surface area contributed by atoms with Crippen LogP contribution in [0.1, 0.15) is 111 Å². The van der Waals surface area contributed by atoms with Crippen molar-refractivity contribution in [1.29, 1.82) is 0 Å². The molecule has 6 heteroatoms. The summed E-state index contributed by atoms with van der Waals surface area (Å²) in [5.74, 6) is 2.15. The fourth-order valence-electron chi connectivity index (χ4n) is 5.66. The maximum Gasteiger partial charge on any atom is 0.250 e. The summed E-state index contributed by atoms with van der Waals surface area (Å²) in [7, 11) is -2.22. The SMILES string of the molecule is CCCCC(O)C(O)C(C)(C)c1cc2c(c(O[Si](C)(C)C(C)(C)C)c1)[C@@H]1CC(=O)CC[C@H]1C(C)(C)O2. The van der Waals surface area contributed by atoms with Crippen LogP contribution in [0.25, 0.3) is 0 Å². The van der Waals surface area contributed by atoms with Gasteiger partial charge in [0, 0.05) is 35.7 Å². The van der Waals surface area contributed by atoms with Crippen LogP contribution in [0.5, 0.6) is 11.5 Å². The highest BCUT2D eigenvalue weighted by atomic mass is 28.4. The van der Waals surface area contributed by atoms with Crippen LogP contribution >= 0.6 is 0 Å². The normalized spacial score (nSPS) is 23.8. The third kappa shape index (κ3) is 5.56. The average Bonchev–Trinajstić information content (AvgIpc) is 2.74. The van der Waals surface area contributed by atoms with Gasteiger partial charge in [-0.3, -0.25) is 4.79 Å². The summed E-state index contributed by atoms with van der Waals surface area (Å²) >= 11 is 0. The first kappa shape index (κ1) is 29.2. The first-order chi connectivity index (χ1) is 16.4. The van der Waals surface area contributed by atoms with Crippen LogP contribution in [0.15, 0.2) is 12.1 Å². The molecule has 4 atom stereocenters. The van der Waals surface area contributed by atoms with E-state index >= 15 is 0 Å². The van der Waals surface area contributed by atoms with Crippen LogP contribution < -0.4 is 9.16 Å². The second-order valence-electron chi connectivity index (χ2n) is 13.8. The molecule has 0 aromatic heterocycles. The molecule has 0 saturated heterocycles. The van der Waals surface area contributed by atoms with Gasteiger partial charge in [0.05, 0.1) is 12.2 Å². The smallest absolute Gasteiger partial charge is 0.250 e. The van der Waals surface area contributed by atoms with Gasteiger partial charge in [-0.25, -0.2) is 0 Å². The molecule has 3 rings (SSSR count). The minimum atomic E-state index is -2.22. The fourth-order valence-corrected chi connectivity index (χ4v) is 6.68. The van der Waals surface area contributed by atoms with Gasteiger partial charge in [0.2, 0.25) is 8.32 Å². The van der Waals surface area contributed by atoms with Gasteiger partial charge in [0.15, 0.2) is 0 Å². The van der Waals surface area contributed by atoms with Crippen LogP contribution in [0.4, 0.5) is 0 Å². The maximum atomic E-state index is 12.6. The first-order valence-corrected chi connectivity index (χ1v) is 16.8. The van der Waals surface area contributed by atoms with Crippen molar-refractivity contribution in [3.05, 3.63) is 23.3 Å². The molecule has 36 heavy (non-hydrogen) atoms. The van der Waals surface area contributed by atoms with E-state index in [1.165, 1.54) is 0 Å². The summed E-state index contributed by atoms with van der Waals surface area (Å²) in [6, 6.07) is 4.09. The number of benzene rings is 1. The Kier molecular flexibility index (Phi) is 8.16. The van der Waals surface area contributed by atoms with Crippen molar-refractivity contribution in [2.45, 2.75) is 141 Å². The maximum absolute atomic E-state index is 12.6. The second kappa shape index (κ2) is 10.1. The Bertz CT molecular complexity index is 959. The van der Waals surface area contributed by atoms with E-state index in [0.717, 1.165) is 41.9 Å². The molecular formula is C30H50O5Si. The van der Waals surface area contributed by atoms with Gasteiger partial charge in [-0.2, -0.15) is 0 Å².